The van der Waals surface area contributed by atoms with Crippen molar-refractivity contribution in [2.24, 2.45) is 5.41 Å². The normalized spacial score (nSPS) is 22.1. The van der Waals surface area contributed by atoms with E-state index in [1.165, 1.54) is 0 Å². The number of benzene rings is 2. The standard InChI is InChI=1S/C26H30N2O6/c1-4-33-21-13-26(25(21,2)3,23(31)27-14-22(29)30)28-24(32)34-15-20-18-11-7-5-9-16(18)17-10-6-8-12-19(17)20/h5-12,20-21H,4,13-15H2,1-3H3,(H,27,31)(H,28,32)(H,29,30). The monoisotopic (exact) mass is 466 g/mol. The Balaban J connectivity index is 1.50. The zero-order chi connectivity index (χ0) is 24.5. The van der Waals surface area contributed by atoms with E-state index in [9.17, 15) is 14.4 Å². The molecule has 2 unspecified atom stereocenters. The highest BCUT2D eigenvalue weighted by Crippen LogP contribution is 2.51. The van der Waals surface area contributed by atoms with Gasteiger partial charge < -0.3 is 25.2 Å². The molecule has 8 heteroatoms. The van der Waals surface area contributed by atoms with Crippen molar-refractivity contribution in [2.45, 2.75) is 44.8 Å². The van der Waals surface area contributed by atoms with Crippen molar-refractivity contribution in [3.63, 3.8) is 0 Å². The first-order valence-electron chi connectivity index (χ1n) is 11.5. The summed E-state index contributed by atoms with van der Waals surface area (Å²) in [5.41, 5.74) is 2.31. The van der Waals surface area contributed by atoms with Gasteiger partial charge in [-0.2, -0.15) is 0 Å². The zero-order valence-electron chi connectivity index (χ0n) is 19.6. The summed E-state index contributed by atoms with van der Waals surface area (Å²) in [6.45, 7) is 5.54. The van der Waals surface area contributed by atoms with Gasteiger partial charge in [-0.15, -0.1) is 0 Å². The third-order valence-corrected chi connectivity index (χ3v) is 7.21. The van der Waals surface area contributed by atoms with Crippen LogP contribution in [0.3, 0.4) is 0 Å². The molecule has 2 aromatic carbocycles. The minimum Gasteiger partial charge on any atom is -0.480 e. The third kappa shape index (κ3) is 3.92. The van der Waals surface area contributed by atoms with Gasteiger partial charge in [0, 0.05) is 24.4 Å². The predicted octanol–water partition coefficient (Wildman–Crippen LogP) is 3.30. The van der Waals surface area contributed by atoms with E-state index >= 15 is 0 Å². The minimum atomic E-state index is -1.34. The van der Waals surface area contributed by atoms with Gasteiger partial charge in [0.05, 0.1) is 6.10 Å². The van der Waals surface area contributed by atoms with Gasteiger partial charge in [0.25, 0.3) is 0 Å². The van der Waals surface area contributed by atoms with E-state index in [-0.39, 0.29) is 25.0 Å². The summed E-state index contributed by atoms with van der Waals surface area (Å²) in [6.07, 6.45) is -0.763. The lowest BCUT2D eigenvalue weighted by molar-refractivity contribution is -0.178. The Morgan fingerprint density at radius 3 is 2.15 bits per heavy atom. The Morgan fingerprint density at radius 2 is 1.62 bits per heavy atom. The van der Waals surface area contributed by atoms with Crippen LogP contribution in [0.2, 0.25) is 0 Å². The summed E-state index contributed by atoms with van der Waals surface area (Å²) in [4.78, 5) is 37.0. The molecule has 0 aliphatic heterocycles. The third-order valence-electron chi connectivity index (χ3n) is 7.21. The number of carboxylic acid groups (broad SMARTS) is 1. The maximum absolute atomic E-state index is 13.0. The number of nitrogens with one attached hydrogen (secondary N) is 2. The molecule has 1 saturated carbocycles. The van der Waals surface area contributed by atoms with Crippen molar-refractivity contribution in [1.29, 1.82) is 0 Å². The second-order valence-electron chi connectivity index (χ2n) is 9.30. The number of aliphatic carboxylic acids is 1. The quantitative estimate of drug-likeness (QED) is 0.550. The fourth-order valence-corrected chi connectivity index (χ4v) is 5.18. The van der Waals surface area contributed by atoms with Gasteiger partial charge in [-0.25, -0.2) is 4.79 Å². The zero-order valence-corrected chi connectivity index (χ0v) is 19.6. The first-order chi connectivity index (χ1) is 16.2. The summed E-state index contributed by atoms with van der Waals surface area (Å²) < 4.78 is 11.4. The van der Waals surface area contributed by atoms with Gasteiger partial charge in [0.15, 0.2) is 0 Å². The van der Waals surface area contributed by atoms with E-state index < -0.39 is 35.5 Å². The Kier molecular flexibility index (Phi) is 6.36. The van der Waals surface area contributed by atoms with Crippen LogP contribution in [-0.2, 0) is 19.1 Å². The molecule has 2 aromatic rings. The highest BCUT2D eigenvalue weighted by molar-refractivity contribution is 5.94. The van der Waals surface area contributed by atoms with E-state index in [2.05, 4.69) is 22.8 Å². The van der Waals surface area contributed by atoms with E-state index in [1.807, 2.05) is 57.2 Å². The molecule has 8 nitrogen and oxygen atoms in total. The second kappa shape index (κ2) is 9.10. The van der Waals surface area contributed by atoms with Gasteiger partial charge in [-0.3, -0.25) is 9.59 Å². The molecule has 34 heavy (non-hydrogen) atoms. The van der Waals surface area contributed by atoms with Crippen LogP contribution in [0.15, 0.2) is 48.5 Å². The highest BCUT2D eigenvalue weighted by atomic mass is 16.5. The lowest BCUT2D eigenvalue weighted by atomic mass is 9.53. The number of carboxylic acids is 1. The van der Waals surface area contributed by atoms with Crippen LogP contribution in [0.1, 0.15) is 44.2 Å². The molecule has 1 fully saturated rings. The smallest absolute Gasteiger partial charge is 0.408 e. The van der Waals surface area contributed by atoms with Gasteiger partial charge in [0.2, 0.25) is 5.91 Å². The molecule has 0 radical (unpaired) electrons. The summed E-state index contributed by atoms with van der Waals surface area (Å²) >= 11 is 0. The molecule has 0 saturated heterocycles. The predicted molar refractivity (Wildman–Crippen MR) is 125 cm³/mol. The number of hydrogen-bond donors (Lipinski definition) is 3. The molecule has 0 spiro atoms. The number of fused-ring (bicyclic) bond motifs is 3. The fourth-order valence-electron chi connectivity index (χ4n) is 5.18. The Morgan fingerprint density at radius 1 is 1.03 bits per heavy atom. The molecular weight excluding hydrogens is 436 g/mol. The molecule has 3 N–H and O–H groups in total. The molecule has 0 heterocycles. The minimum absolute atomic E-state index is 0.111. The fraction of sp³-hybridized carbons (Fsp3) is 0.423. The molecule has 2 aliphatic rings. The molecule has 180 valence electrons. The van der Waals surface area contributed by atoms with Gasteiger partial charge in [-0.1, -0.05) is 62.4 Å². The topological polar surface area (TPSA) is 114 Å². The van der Waals surface area contributed by atoms with E-state index in [1.54, 1.807) is 0 Å². The van der Waals surface area contributed by atoms with Crippen LogP contribution in [0.4, 0.5) is 4.79 Å². The van der Waals surface area contributed by atoms with Gasteiger partial charge in [0.1, 0.15) is 18.7 Å². The maximum atomic E-state index is 13.0. The van der Waals surface area contributed by atoms with E-state index in [0.29, 0.717) is 6.61 Å². The van der Waals surface area contributed by atoms with Gasteiger partial charge >= 0.3 is 12.1 Å². The molecule has 0 bridgehead atoms. The van der Waals surface area contributed by atoms with Crippen LogP contribution in [-0.4, -0.2) is 54.5 Å². The summed E-state index contributed by atoms with van der Waals surface area (Å²) in [6, 6.07) is 16.1. The summed E-state index contributed by atoms with van der Waals surface area (Å²) in [7, 11) is 0. The van der Waals surface area contributed by atoms with Crippen molar-refractivity contribution >= 4 is 18.0 Å². The Hall–Kier alpha value is -3.39. The molecule has 2 aliphatic carbocycles. The Labute approximate surface area is 198 Å². The lowest BCUT2D eigenvalue weighted by Crippen LogP contribution is -2.78. The largest absolute Gasteiger partial charge is 0.480 e. The molecule has 0 aromatic heterocycles. The highest BCUT2D eigenvalue weighted by Gasteiger charge is 2.66. The number of rotatable bonds is 8. The van der Waals surface area contributed by atoms with Crippen molar-refractivity contribution in [3.8, 4) is 11.1 Å². The van der Waals surface area contributed by atoms with Crippen LogP contribution >= 0.6 is 0 Å². The number of amides is 2. The molecule has 4 rings (SSSR count). The molecular formula is C26H30N2O6. The molecule has 2 amide bonds. The second-order valence-corrected chi connectivity index (χ2v) is 9.30. The molecule has 2 atom stereocenters. The first kappa shape index (κ1) is 23.8. The van der Waals surface area contributed by atoms with Crippen molar-refractivity contribution in [1.82, 2.24) is 10.6 Å². The number of carbonyl (C=O) groups is 3. The van der Waals surface area contributed by atoms with E-state index in [0.717, 1.165) is 22.3 Å². The van der Waals surface area contributed by atoms with Crippen LogP contribution in [0, 0.1) is 5.41 Å². The van der Waals surface area contributed by atoms with Crippen LogP contribution in [0.5, 0.6) is 0 Å². The summed E-state index contributed by atoms with van der Waals surface area (Å²) in [5, 5.41) is 14.1. The number of hydrogen-bond acceptors (Lipinski definition) is 5. The van der Waals surface area contributed by atoms with E-state index in [4.69, 9.17) is 14.6 Å². The SMILES string of the molecule is CCOC1CC(NC(=O)OCC2c3ccccc3-c3ccccc32)(C(=O)NCC(=O)O)C1(C)C. The lowest BCUT2D eigenvalue weighted by Gasteiger charge is -2.59. The van der Waals surface area contributed by atoms with Crippen LogP contribution in [0.25, 0.3) is 11.1 Å². The Bertz CT molecular complexity index is 1070. The summed E-state index contributed by atoms with van der Waals surface area (Å²) in [5.74, 6) is -1.84. The number of ether oxygens (including phenoxy) is 2. The average molecular weight is 467 g/mol. The van der Waals surface area contributed by atoms with Gasteiger partial charge in [-0.05, 0) is 29.2 Å². The number of carbonyl (C=O) groups excluding carboxylic acids is 2. The number of alkyl carbamates (subject to hydrolysis) is 1. The van der Waals surface area contributed by atoms with Crippen molar-refractivity contribution in [3.05, 3.63) is 59.7 Å². The maximum Gasteiger partial charge on any atom is 0.408 e. The van der Waals surface area contributed by atoms with Crippen LogP contribution < -0.4 is 10.6 Å². The first-order valence-corrected chi connectivity index (χ1v) is 11.5. The average Bonchev–Trinajstić information content (AvgIpc) is 3.14. The van der Waals surface area contributed by atoms with Crippen molar-refractivity contribution < 1.29 is 29.0 Å². The van der Waals surface area contributed by atoms with Crippen molar-refractivity contribution in [2.75, 3.05) is 19.8 Å².